The van der Waals surface area contributed by atoms with Crippen LogP contribution in [0.4, 0.5) is 5.69 Å². The highest BCUT2D eigenvalue weighted by Crippen LogP contribution is 2.42. The molecule has 4 nitrogen and oxygen atoms in total. The van der Waals surface area contributed by atoms with Crippen LogP contribution in [0.2, 0.25) is 0 Å². The van der Waals surface area contributed by atoms with E-state index in [1.807, 2.05) is 18.2 Å². The molecule has 16 heavy (non-hydrogen) atoms. The summed E-state index contributed by atoms with van der Waals surface area (Å²) >= 11 is 0. The van der Waals surface area contributed by atoms with Gasteiger partial charge < -0.3 is 5.73 Å². The van der Waals surface area contributed by atoms with Gasteiger partial charge in [-0.2, -0.15) is 0 Å². The summed E-state index contributed by atoms with van der Waals surface area (Å²) in [6, 6.07) is 5.70. The minimum Gasteiger partial charge on any atom is -0.399 e. The minimum absolute atomic E-state index is 0.132. The normalized spacial score (nSPS) is 27.2. The Hall–Kier alpha value is -1.84. The molecule has 1 aliphatic carbocycles. The molecule has 0 radical (unpaired) electrons. The Morgan fingerprint density at radius 3 is 2.56 bits per heavy atom. The molecule has 1 heterocycles. The van der Waals surface area contributed by atoms with Crippen LogP contribution in [-0.4, -0.2) is 11.8 Å². The maximum absolute atomic E-state index is 11.8. The van der Waals surface area contributed by atoms with E-state index in [0.717, 1.165) is 11.1 Å². The summed E-state index contributed by atoms with van der Waals surface area (Å²) in [4.78, 5) is 23.1. The van der Waals surface area contributed by atoms with E-state index in [1.54, 1.807) is 0 Å². The van der Waals surface area contributed by atoms with Crippen molar-refractivity contribution < 1.29 is 9.59 Å². The fraction of sp³-hybridized carbons (Fsp3) is 0.333. The summed E-state index contributed by atoms with van der Waals surface area (Å²) in [6.07, 6.45) is 1.59. The third-order valence-corrected chi connectivity index (χ3v) is 3.52. The second kappa shape index (κ2) is 2.84. The van der Waals surface area contributed by atoms with Gasteiger partial charge in [0.25, 0.3) is 0 Å². The molecule has 4 heteroatoms. The van der Waals surface area contributed by atoms with Gasteiger partial charge in [-0.25, -0.2) is 0 Å². The molecule has 1 spiro atoms. The number of nitrogen functional groups attached to an aromatic ring is 1. The number of carbonyl (C=O) groups is 2. The van der Waals surface area contributed by atoms with Crippen LogP contribution in [0.25, 0.3) is 0 Å². The average Bonchev–Trinajstić information content (AvgIpc) is 2.67. The van der Waals surface area contributed by atoms with Crippen LogP contribution in [0.15, 0.2) is 18.2 Å². The lowest BCUT2D eigenvalue weighted by atomic mass is 9.83. The highest BCUT2D eigenvalue weighted by Gasteiger charge is 2.50. The molecule has 1 aliphatic heterocycles. The molecule has 3 rings (SSSR count). The number of hydrogen-bond donors (Lipinski definition) is 2. The molecule has 1 aromatic carbocycles. The number of carbonyl (C=O) groups excluding carboxylic acids is 2. The predicted molar refractivity (Wildman–Crippen MR) is 58.5 cm³/mol. The van der Waals surface area contributed by atoms with E-state index in [1.165, 1.54) is 0 Å². The second-order valence-electron chi connectivity index (χ2n) is 4.72. The zero-order chi connectivity index (χ0) is 11.3. The number of rotatable bonds is 0. The summed E-state index contributed by atoms with van der Waals surface area (Å²) in [5, 5.41) is 2.39. The number of nitrogens with one attached hydrogen (secondary N) is 1. The smallest absolute Gasteiger partial charge is 0.233 e. The van der Waals surface area contributed by atoms with Gasteiger partial charge in [-0.3, -0.25) is 14.9 Å². The Balaban J connectivity index is 2.01. The number of nitrogens with two attached hydrogens (primary N) is 1. The van der Waals surface area contributed by atoms with E-state index >= 15 is 0 Å². The fourth-order valence-electron chi connectivity index (χ4n) is 2.75. The number of imide groups is 1. The third-order valence-electron chi connectivity index (χ3n) is 3.52. The molecule has 82 valence electrons. The minimum atomic E-state index is -0.535. The van der Waals surface area contributed by atoms with Crippen molar-refractivity contribution in [2.45, 2.75) is 19.3 Å². The first-order chi connectivity index (χ1) is 7.59. The van der Waals surface area contributed by atoms with Gasteiger partial charge in [-0.1, -0.05) is 6.07 Å². The molecular formula is C12H12N2O2. The molecule has 1 atom stereocenters. The first-order valence-electron chi connectivity index (χ1n) is 5.31. The molecule has 0 bridgehead atoms. The lowest BCUT2D eigenvalue weighted by Crippen LogP contribution is -2.32. The molecule has 1 aromatic rings. The molecular weight excluding hydrogens is 204 g/mol. The quantitative estimate of drug-likeness (QED) is 0.487. The summed E-state index contributed by atoms with van der Waals surface area (Å²) in [5.74, 6) is -0.293. The summed E-state index contributed by atoms with van der Waals surface area (Å²) in [5.41, 5.74) is 8.13. The van der Waals surface area contributed by atoms with Gasteiger partial charge in [0, 0.05) is 12.1 Å². The van der Waals surface area contributed by atoms with Crippen molar-refractivity contribution in [3.8, 4) is 0 Å². The van der Waals surface area contributed by atoms with Gasteiger partial charge in [-0.15, -0.1) is 0 Å². The van der Waals surface area contributed by atoms with E-state index in [4.69, 9.17) is 5.73 Å². The monoisotopic (exact) mass is 216 g/mol. The maximum Gasteiger partial charge on any atom is 0.233 e. The van der Waals surface area contributed by atoms with E-state index in [9.17, 15) is 9.59 Å². The fourth-order valence-corrected chi connectivity index (χ4v) is 2.75. The largest absolute Gasteiger partial charge is 0.399 e. The van der Waals surface area contributed by atoms with Crippen molar-refractivity contribution in [1.82, 2.24) is 5.32 Å². The van der Waals surface area contributed by atoms with Gasteiger partial charge in [-0.05, 0) is 36.1 Å². The highest BCUT2D eigenvalue weighted by molar-refractivity contribution is 6.06. The zero-order valence-electron chi connectivity index (χ0n) is 8.75. The van der Waals surface area contributed by atoms with Gasteiger partial charge >= 0.3 is 0 Å². The second-order valence-corrected chi connectivity index (χ2v) is 4.72. The van der Waals surface area contributed by atoms with E-state index < -0.39 is 5.41 Å². The molecule has 2 amide bonds. The molecule has 1 fully saturated rings. The number of fused-ring (bicyclic) bond motifs is 1. The molecule has 3 N–H and O–H groups in total. The number of hydrogen-bond acceptors (Lipinski definition) is 3. The molecule has 0 aromatic heterocycles. The van der Waals surface area contributed by atoms with Crippen LogP contribution in [-0.2, 0) is 22.4 Å². The Morgan fingerprint density at radius 1 is 1.12 bits per heavy atom. The van der Waals surface area contributed by atoms with Crippen LogP contribution >= 0.6 is 0 Å². The maximum atomic E-state index is 11.8. The van der Waals surface area contributed by atoms with Crippen molar-refractivity contribution in [3.05, 3.63) is 29.3 Å². The standard InChI is InChI=1S/C12H12N2O2/c13-9-2-1-7-4-12(5-8(7)3-9)6-10(15)14-11(12)16/h1-3H,4-6,13H2,(H,14,15,16)/t12-/m0/s1. The first kappa shape index (κ1) is 9.39. The van der Waals surface area contributed by atoms with E-state index in [0.29, 0.717) is 24.9 Å². The number of anilines is 1. The molecule has 2 aliphatic rings. The molecule has 1 saturated heterocycles. The van der Waals surface area contributed by atoms with Gasteiger partial charge in [0.2, 0.25) is 11.8 Å². The lowest BCUT2D eigenvalue weighted by Gasteiger charge is -2.16. The summed E-state index contributed by atoms with van der Waals surface area (Å²) in [6.45, 7) is 0. The van der Waals surface area contributed by atoms with Crippen molar-refractivity contribution in [2.75, 3.05) is 5.73 Å². The Labute approximate surface area is 92.8 Å². The lowest BCUT2D eigenvalue weighted by molar-refractivity contribution is -0.128. The van der Waals surface area contributed by atoms with Crippen LogP contribution in [0, 0.1) is 5.41 Å². The van der Waals surface area contributed by atoms with Gasteiger partial charge in [0.1, 0.15) is 0 Å². The van der Waals surface area contributed by atoms with Crippen molar-refractivity contribution >= 4 is 17.5 Å². The van der Waals surface area contributed by atoms with Crippen molar-refractivity contribution in [3.63, 3.8) is 0 Å². The van der Waals surface area contributed by atoms with Crippen LogP contribution in [0.3, 0.4) is 0 Å². The molecule has 0 unspecified atom stereocenters. The Bertz CT molecular complexity index is 510. The topological polar surface area (TPSA) is 72.2 Å². The van der Waals surface area contributed by atoms with Gasteiger partial charge in [0.05, 0.1) is 5.41 Å². The third kappa shape index (κ3) is 1.16. The van der Waals surface area contributed by atoms with Crippen molar-refractivity contribution in [2.24, 2.45) is 5.41 Å². The Kier molecular flexibility index (Phi) is 1.67. The van der Waals surface area contributed by atoms with Crippen LogP contribution in [0.5, 0.6) is 0 Å². The molecule has 0 saturated carbocycles. The summed E-state index contributed by atoms with van der Waals surface area (Å²) in [7, 11) is 0. The zero-order valence-corrected chi connectivity index (χ0v) is 8.75. The number of amides is 2. The van der Waals surface area contributed by atoms with E-state index in [-0.39, 0.29) is 11.8 Å². The summed E-state index contributed by atoms with van der Waals surface area (Å²) < 4.78 is 0. The predicted octanol–water partition coefficient (Wildman–Crippen LogP) is 0.400. The van der Waals surface area contributed by atoms with E-state index in [2.05, 4.69) is 5.32 Å². The number of benzene rings is 1. The highest BCUT2D eigenvalue weighted by atomic mass is 16.2. The first-order valence-corrected chi connectivity index (χ1v) is 5.31. The van der Waals surface area contributed by atoms with Crippen molar-refractivity contribution in [1.29, 1.82) is 0 Å². The Morgan fingerprint density at radius 2 is 1.88 bits per heavy atom. The average molecular weight is 216 g/mol. The van der Waals surface area contributed by atoms with Crippen LogP contribution in [0.1, 0.15) is 17.5 Å². The van der Waals surface area contributed by atoms with Crippen LogP contribution < -0.4 is 11.1 Å². The van der Waals surface area contributed by atoms with Gasteiger partial charge in [0.15, 0.2) is 0 Å². The SMILES string of the molecule is Nc1ccc2c(c1)C[C@]1(CC(=O)NC1=O)C2.